The number of nitrogens with zero attached hydrogens (tertiary/aromatic N) is 2. The lowest BCUT2D eigenvalue weighted by molar-refractivity contribution is -0.131. The van der Waals surface area contributed by atoms with Crippen LogP contribution in [0.3, 0.4) is 0 Å². The van der Waals surface area contributed by atoms with E-state index in [1.165, 1.54) is 18.5 Å². The number of rotatable bonds is 4. The zero-order chi connectivity index (χ0) is 15.3. The molecule has 0 bridgehead atoms. The normalized spacial score (nSPS) is 11.6. The summed E-state index contributed by atoms with van der Waals surface area (Å²) in [5, 5.41) is 8.59. The number of hydrogen-bond acceptors (Lipinski definition) is 3. The van der Waals surface area contributed by atoms with Gasteiger partial charge in [0.05, 0.1) is 5.56 Å². The summed E-state index contributed by atoms with van der Waals surface area (Å²) in [6.45, 7) is 6.80. The first kappa shape index (κ1) is 15.9. The molecular weight excluding hydrogens is 256 g/mol. The van der Waals surface area contributed by atoms with Gasteiger partial charge in [-0.2, -0.15) is 0 Å². The van der Waals surface area contributed by atoms with Gasteiger partial charge in [0.1, 0.15) is 0 Å². The van der Waals surface area contributed by atoms with Crippen LogP contribution >= 0.6 is 0 Å². The molecule has 0 atom stereocenters. The van der Waals surface area contributed by atoms with Gasteiger partial charge >= 0.3 is 5.97 Å². The van der Waals surface area contributed by atoms with Crippen molar-refractivity contribution in [3.63, 3.8) is 0 Å². The molecule has 5 nitrogen and oxygen atoms in total. The highest BCUT2D eigenvalue weighted by Crippen LogP contribution is 2.16. The molecule has 108 valence electrons. The van der Waals surface area contributed by atoms with Crippen molar-refractivity contribution < 1.29 is 14.7 Å². The van der Waals surface area contributed by atoms with Crippen LogP contribution in [0.25, 0.3) is 6.08 Å². The molecule has 1 aromatic rings. The summed E-state index contributed by atoms with van der Waals surface area (Å²) in [4.78, 5) is 28.3. The number of carboxylic acid groups (broad SMARTS) is 1. The maximum Gasteiger partial charge on any atom is 0.328 e. The molecule has 5 heteroatoms. The van der Waals surface area contributed by atoms with E-state index in [1.807, 2.05) is 0 Å². The number of amides is 1. The molecule has 0 saturated carbocycles. The van der Waals surface area contributed by atoms with Crippen molar-refractivity contribution in [3.8, 4) is 0 Å². The van der Waals surface area contributed by atoms with Gasteiger partial charge in [-0.1, -0.05) is 20.8 Å². The second-order valence-electron chi connectivity index (χ2n) is 5.90. The lowest BCUT2D eigenvalue weighted by Gasteiger charge is -2.26. The van der Waals surface area contributed by atoms with Crippen LogP contribution in [0.15, 0.2) is 24.5 Å². The summed E-state index contributed by atoms with van der Waals surface area (Å²) in [5.41, 5.74) is 1.05. The van der Waals surface area contributed by atoms with E-state index in [0.29, 0.717) is 17.7 Å². The topological polar surface area (TPSA) is 70.5 Å². The van der Waals surface area contributed by atoms with Crippen molar-refractivity contribution in [3.05, 3.63) is 35.7 Å². The molecule has 0 aromatic carbocycles. The Balaban J connectivity index is 2.89. The van der Waals surface area contributed by atoms with Crippen molar-refractivity contribution in [2.45, 2.75) is 20.8 Å². The summed E-state index contributed by atoms with van der Waals surface area (Å²) >= 11 is 0. The zero-order valence-electron chi connectivity index (χ0n) is 12.3. The van der Waals surface area contributed by atoms with Crippen molar-refractivity contribution in [2.75, 3.05) is 13.6 Å². The summed E-state index contributed by atoms with van der Waals surface area (Å²) < 4.78 is 0. The van der Waals surface area contributed by atoms with Crippen LogP contribution in [-0.2, 0) is 4.79 Å². The maximum atomic E-state index is 12.3. The van der Waals surface area contributed by atoms with E-state index >= 15 is 0 Å². The number of pyridine rings is 1. The fraction of sp³-hybridized carbons (Fsp3) is 0.400. The van der Waals surface area contributed by atoms with Crippen LogP contribution in [0.4, 0.5) is 0 Å². The van der Waals surface area contributed by atoms with Crippen LogP contribution in [0.2, 0.25) is 0 Å². The molecule has 1 N–H and O–H groups in total. The molecule has 0 aliphatic heterocycles. The van der Waals surface area contributed by atoms with Crippen LogP contribution in [0.1, 0.15) is 36.7 Å². The SMILES string of the molecule is CN(CC(C)(C)C)C(=O)c1cncc(C=CC(=O)O)c1. The van der Waals surface area contributed by atoms with E-state index in [9.17, 15) is 9.59 Å². The predicted molar refractivity (Wildman–Crippen MR) is 77.3 cm³/mol. The van der Waals surface area contributed by atoms with E-state index in [0.717, 1.165) is 6.08 Å². The Labute approximate surface area is 118 Å². The Morgan fingerprint density at radius 1 is 1.35 bits per heavy atom. The molecule has 1 aromatic heterocycles. The van der Waals surface area contributed by atoms with Gasteiger partial charge in [0, 0.05) is 32.1 Å². The van der Waals surface area contributed by atoms with Crippen molar-refractivity contribution in [1.29, 1.82) is 0 Å². The Hall–Kier alpha value is -2.17. The van der Waals surface area contributed by atoms with Crippen molar-refractivity contribution in [2.24, 2.45) is 5.41 Å². The molecule has 0 aliphatic rings. The first-order valence-electron chi connectivity index (χ1n) is 6.30. The minimum atomic E-state index is -1.04. The Bertz CT molecular complexity index is 530. The van der Waals surface area contributed by atoms with E-state index in [2.05, 4.69) is 25.8 Å². The third-order valence-electron chi connectivity index (χ3n) is 2.48. The van der Waals surface area contributed by atoms with Gasteiger partial charge in [-0.25, -0.2) is 4.79 Å². The van der Waals surface area contributed by atoms with E-state index in [1.54, 1.807) is 18.0 Å². The number of carbonyl (C=O) groups is 2. The smallest absolute Gasteiger partial charge is 0.328 e. The standard InChI is InChI=1S/C15H20N2O3/c1-15(2,3)10-17(4)14(20)12-7-11(8-16-9-12)5-6-13(18)19/h5-9H,10H2,1-4H3,(H,18,19). The summed E-state index contributed by atoms with van der Waals surface area (Å²) in [7, 11) is 1.74. The predicted octanol–water partition coefficient (Wildman–Crippen LogP) is 2.30. The average molecular weight is 276 g/mol. The highest BCUT2D eigenvalue weighted by atomic mass is 16.4. The van der Waals surface area contributed by atoms with Crippen LogP contribution < -0.4 is 0 Å². The van der Waals surface area contributed by atoms with Gasteiger partial charge in [0.2, 0.25) is 0 Å². The Morgan fingerprint density at radius 2 is 2.00 bits per heavy atom. The first-order valence-corrected chi connectivity index (χ1v) is 6.30. The second-order valence-corrected chi connectivity index (χ2v) is 5.90. The molecule has 20 heavy (non-hydrogen) atoms. The molecule has 0 aliphatic carbocycles. The monoisotopic (exact) mass is 276 g/mol. The van der Waals surface area contributed by atoms with Gasteiger partial charge in [0.25, 0.3) is 5.91 Å². The quantitative estimate of drug-likeness (QED) is 0.857. The maximum absolute atomic E-state index is 12.3. The number of hydrogen-bond donors (Lipinski definition) is 1. The molecule has 0 saturated heterocycles. The second kappa shape index (κ2) is 6.32. The van der Waals surface area contributed by atoms with Gasteiger partial charge in [-0.15, -0.1) is 0 Å². The minimum Gasteiger partial charge on any atom is -0.478 e. The average Bonchev–Trinajstić information content (AvgIpc) is 2.33. The van der Waals surface area contributed by atoms with Crippen molar-refractivity contribution >= 4 is 18.0 Å². The van der Waals surface area contributed by atoms with Crippen molar-refractivity contribution in [1.82, 2.24) is 9.88 Å². The fourth-order valence-corrected chi connectivity index (χ4v) is 1.84. The molecule has 1 rings (SSSR count). The van der Waals surface area contributed by atoms with Crippen LogP contribution in [0, 0.1) is 5.41 Å². The Kier molecular flexibility index (Phi) is 5.02. The van der Waals surface area contributed by atoms with Gasteiger partial charge < -0.3 is 10.0 Å². The van der Waals surface area contributed by atoms with Gasteiger partial charge in [-0.3, -0.25) is 9.78 Å². The molecule has 0 fully saturated rings. The van der Waals surface area contributed by atoms with E-state index in [-0.39, 0.29) is 11.3 Å². The lowest BCUT2D eigenvalue weighted by Crippen LogP contribution is -2.34. The molecular formula is C15H20N2O3. The van der Waals surface area contributed by atoms with Crippen LogP contribution in [-0.4, -0.2) is 40.5 Å². The Morgan fingerprint density at radius 3 is 2.55 bits per heavy atom. The minimum absolute atomic E-state index is 0.0126. The molecule has 0 unspecified atom stereocenters. The third-order valence-corrected chi connectivity index (χ3v) is 2.48. The first-order chi connectivity index (χ1) is 9.19. The lowest BCUT2D eigenvalue weighted by atomic mass is 9.96. The van der Waals surface area contributed by atoms with Gasteiger partial charge in [-0.05, 0) is 23.1 Å². The summed E-state index contributed by atoms with van der Waals surface area (Å²) in [5.74, 6) is -1.16. The van der Waals surface area contributed by atoms with E-state index in [4.69, 9.17) is 5.11 Å². The molecule has 0 radical (unpaired) electrons. The fourth-order valence-electron chi connectivity index (χ4n) is 1.84. The van der Waals surface area contributed by atoms with Gasteiger partial charge in [0.15, 0.2) is 0 Å². The number of carbonyl (C=O) groups excluding carboxylic acids is 1. The number of carboxylic acids is 1. The molecule has 1 heterocycles. The highest BCUT2D eigenvalue weighted by Gasteiger charge is 2.19. The van der Waals surface area contributed by atoms with Crippen LogP contribution in [0.5, 0.6) is 0 Å². The molecule has 1 amide bonds. The largest absolute Gasteiger partial charge is 0.478 e. The third kappa shape index (κ3) is 5.22. The molecule has 0 spiro atoms. The number of aliphatic carboxylic acids is 1. The summed E-state index contributed by atoms with van der Waals surface area (Å²) in [6.07, 6.45) is 5.43. The number of aromatic nitrogens is 1. The van der Waals surface area contributed by atoms with E-state index < -0.39 is 5.97 Å². The highest BCUT2D eigenvalue weighted by molar-refractivity contribution is 5.94. The summed E-state index contributed by atoms with van der Waals surface area (Å²) in [6, 6.07) is 1.63. The zero-order valence-corrected chi connectivity index (χ0v) is 12.3.